The molecule has 0 aliphatic heterocycles. The van der Waals surface area contributed by atoms with Crippen LogP contribution in [0.2, 0.25) is 0 Å². The average molecular weight is 333 g/mol. The van der Waals surface area contributed by atoms with Gasteiger partial charge in [-0.05, 0) is 47.5 Å². The molecule has 5 nitrogen and oxygen atoms in total. The van der Waals surface area contributed by atoms with Gasteiger partial charge in [0, 0.05) is 24.5 Å². The van der Waals surface area contributed by atoms with Gasteiger partial charge in [0.15, 0.2) is 0 Å². The van der Waals surface area contributed by atoms with E-state index in [2.05, 4.69) is 15.6 Å². The van der Waals surface area contributed by atoms with Gasteiger partial charge in [-0.1, -0.05) is 30.3 Å². The van der Waals surface area contributed by atoms with Gasteiger partial charge in [0.05, 0.1) is 0 Å². The molecule has 0 radical (unpaired) electrons. The molecule has 1 aromatic heterocycles. The number of fused-ring (bicyclic) bond motifs is 1. The van der Waals surface area contributed by atoms with Gasteiger partial charge in [0.2, 0.25) is 5.91 Å². The fourth-order valence-electron chi connectivity index (χ4n) is 2.52. The second-order valence-electron chi connectivity index (χ2n) is 5.83. The highest BCUT2D eigenvalue weighted by Crippen LogP contribution is 2.15. The van der Waals surface area contributed by atoms with Crippen molar-refractivity contribution in [1.29, 1.82) is 0 Å². The topological polar surface area (TPSA) is 71.1 Å². The standard InChI is InChI=1S/C20H19N3O2/c1-14(19(24)22-13-15-8-10-21-11-9-15)23-20(25)18-7-6-16-4-2-3-5-17(16)12-18/h2-12,14H,13H2,1H3,(H,22,24)(H,23,25)/t14-/m1/s1. The molecule has 2 N–H and O–H groups in total. The molecule has 0 aliphatic rings. The molecule has 3 aromatic rings. The molecule has 2 aromatic carbocycles. The summed E-state index contributed by atoms with van der Waals surface area (Å²) in [6.45, 7) is 2.07. The van der Waals surface area contributed by atoms with Crippen molar-refractivity contribution in [3.05, 3.63) is 78.1 Å². The van der Waals surface area contributed by atoms with E-state index in [9.17, 15) is 9.59 Å². The largest absolute Gasteiger partial charge is 0.350 e. The predicted octanol–water partition coefficient (Wildman–Crippen LogP) is 2.67. The highest BCUT2D eigenvalue weighted by atomic mass is 16.2. The zero-order chi connectivity index (χ0) is 17.6. The number of rotatable bonds is 5. The first-order valence-corrected chi connectivity index (χ1v) is 8.10. The van der Waals surface area contributed by atoms with Crippen LogP contribution in [-0.4, -0.2) is 22.8 Å². The summed E-state index contributed by atoms with van der Waals surface area (Å²) >= 11 is 0. The number of hydrogen-bond donors (Lipinski definition) is 2. The van der Waals surface area contributed by atoms with Crippen LogP contribution in [0.4, 0.5) is 0 Å². The molecule has 0 saturated carbocycles. The third-order valence-electron chi connectivity index (χ3n) is 3.97. The van der Waals surface area contributed by atoms with E-state index >= 15 is 0 Å². The number of hydrogen-bond acceptors (Lipinski definition) is 3. The molecule has 0 aliphatic carbocycles. The lowest BCUT2D eigenvalue weighted by Crippen LogP contribution is -2.44. The van der Waals surface area contributed by atoms with E-state index in [-0.39, 0.29) is 11.8 Å². The lowest BCUT2D eigenvalue weighted by molar-refractivity contribution is -0.122. The zero-order valence-electron chi connectivity index (χ0n) is 13.9. The van der Waals surface area contributed by atoms with Crippen LogP contribution in [0.15, 0.2) is 67.0 Å². The van der Waals surface area contributed by atoms with E-state index < -0.39 is 6.04 Å². The fraction of sp³-hybridized carbons (Fsp3) is 0.150. The summed E-state index contributed by atoms with van der Waals surface area (Å²) < 4.78 is 0. The lowest BCUT2D eigenvalue weighted by atomic mass is 10.1. The molecule has 126 valence electrons. The van der Waals surface area contributed by atoms with Crippen LogP contribution in [0.25, 0.3) is 10.8 Å². The van der Waals surface area contributed by atoms with Crippen LogP contribution in [0.3, 0.4) is 0 Å². The maximum absolute atomic E-state index is 12.4. The molecule has 0 fully saturated rings. The Morgan fingerprint density at radius 3 is 2.48 bits per heavy atom. The van der Waals surface area contributed by atoms with Crippen LogP contribution in [0, 0.1) is 0 Å². The third kappa shape index (κ3) is 4.20. The lowest BCUT2D eigenvalue weighted by Gasteiger charge is -2.14. The zero-order valence-corrected chi connectivity index (χ0v) is 13.9. The molecule has 25 heavy (non-hydrogen) atoms. The summed E-state index contributed by atoms with van der Waals surface area (Å²) in [5.41, 5.74) is 1.49. The van der Waals surface area contributed by atoms with Gasteiger partial charge in [0.1, 0.15) is 6.04 Å². The maximum atomic E-state index is 12.4. The normalized spacial score (nSPS) is 11.7. The molecule has 0 bridgehead atoms. The molecule has 1 heterocycles. The summed E-state index contributed by atoms with van der Waals surface area (Å²) in [5.74, 6) is -0.497. The van der Waals surface area contributed by atoms with Gasteiger partial charge in [0.25, 0.3) is 5.91 Å². The summed E-state index contributed by atoms with van der Waals surface area (Å²) in [6.07, 6.45) is 3.35. The smallest absolute Gasteiger partial charge is 0.251 e. The summed E-state index contributed by atoms with van der Waals surface area (Å²) in [7, 11) is 0. The van der Waals surface area contributed by atoms with Crippen molar-refractivity contribution in [3.63, 3.8) is 0 Å². The number of nitrogens with zero attached hydrogens (tertiary/aromatic N) is 1. The summed E-state index contributed by atoms with van der Waals surface area (Å²) in [6, 6.07) is 16.4. The van der Waals surface area contributed by atoms with E-state index in [4.69, 9.17) is 0 Å². The van der Waals surface area contributed by atoms with Crippen molar-refractivity contribution in [2.75, 3.05) is 0 Å². The van der Waals surface area contributed by atoms with Gasteiger partial charge in [-0.15, -0.1) is 0 Å². The molecule has 0 unspecified atom stereocenters. The van der Waals surface area contributed by atoms with E-state index in [0.29, 0.717) is 12.1 Å². The van der Waals surface area contributed by atoms with Crippen molar-refractivity contribution in [2.45, 2.75) is 19.5 Å². The van der Waals surface area contributed by atoms with Crippen LogP contribution in [0.1, 0.15) is 22.8 Å². The number of nitrogens with one attached hydrogen (secondary N) is 2. The van der Waals surface area contributed by atoms with E-state index in [1.807, 2.05) is 48.5 Å². The van der Waals surface area contributed by atoms with Gasteiger partial charge in [-0.3, -0.25) is 14.6 Å². The first kappa shape index (κ1) is 16.6. The van der Waals surface area contributed by atoms with Gasteiger partial charge in [-0.2, -0.15) is 0 Å². The number of carbonyl (C=O) groups excluding carboxylic acids is 2. The van der Waals surface area contributed by atoms with E-state index in [0.717, 1.165) is 16.3 Å². The molecular weight excluding hydrogens is 314 g/mol. The van der Waals surface area contributed by atoms with Gasteiger partial charge in [-0.25, -0.2) is 0 Å². The fourth-order valence-corrected chi connectivity index (χ4v) is 2.52. The Labute approximate surface area is 146 Å². The van der Waals surface area contributed by atoms with Crippen LogP contribution in [-0.2, 0) is 11.3 Å². The van der Waals surface area contributed by atoms with E-state index in [1.165, 1.54) is 0 Å². The molecule has 3 rings (SSSR count). The van der Waals surface area contributed by atoms with E-state index in [1.54, 1.807) is 25.4 Å². The quantitative estimate of drug-likeness (QED) is 0.754. The molecule has 2 amide bonds. The Morgan fingerprint density at radius 1 is 1.00 bits per heavy atom. The third-order valence-corrected chi connectivity index (χ3v) is 3.97. The highest BCUT2D eigenvalue weighted by molar-refractivity contribution is 6.00. The Balaban J connectivity index is 1.59. The Hall–Kier alpha value is -3.21. The number of pyridine rings is 1. The van der Waals surface area contributed by atoms with Crippen LogP contribution < -0.4 is 10.6 Å². The summed E-state index contributed by atoms with van der Waals surface area (Å²) in [5, 5.41) is 7.60. The van der Waals surface area contributed by atoms with Crippen molar-refractivity contribution < 1.29 is 9.59 Å². The number of benzene rings is 2. The minimum atomic E-state index is -0.624. The van der Waals surface area contributed by atoms with Gasteiger partial charge >= 0.3 is 0 Å². The Morgan fingerprint density at radius 2 is 1.72 bits per heavy atom. The second-order valence-corrected chi connectivity index (χ2v) is 5.83. The monoisotopic (exact) mass is 333 g/mol. The first-order valence-electron chi connectivity index (χ1n) is 8.10. The number of carbonyl (C=O) groups is 2. The van der Waals surface area contributed by atoms with Crippen LogP contribution in [0.5, 0.6) is 0 Å². The van der Waals surface area contributed by atoms with Crippen molar-refractivity contribution in [3.8, 4) is 0 Å². The molecule has 5 heteroatoms. The first-order chi connectivity index (χ1) is 12.1. The minimum absolute atomic E-state index is 0.231. The minimum Gasteiger partial charge on any atom is -0.350 e. The SMILES string of the molecule is C[C@@H](NC(=O)c1ccc2ccccc2c1)C(=O)NCc1ccncc1. The second kappa shape index (κ2) is 7.57. The molecule has 0 saturated heterocycles. The highest BCUT2D eigenvalue weighted by Gasteiger charge is 2.16. The molecule has 0 spiro atoms. The van der Waals surface area contributed by atoms with Crippen molar-refractivity contribution in [1.82, 2.24) is 15.6 Å². The summed E-state index contributed by atoms with van der Waals surface area (Å²) in [4.78, 5) is 28.5. The molecule has 1 atom stereocenters. The average Bonchev–Trinajstić information content (AvgIpc) is 2.66. The maximum Gasteiger partial charge on any atom is 0.251 e. The number of amides is 2. The van der Waals surface area contributed by atoms with Crippen molar-refractivity contribution >= 4 is 22.6 Å². The molecular formula is C20H19N3O2. The van der Waals surface area contributed by atoms with Gasteiger partial charge < -0.3 is 10.6 Å². The van der Waals surface area contributed by atoms with Crippen molar-refractivity contribution in [2.24, 2.45) is 0 Å². The predicted molar refractivity (Wildman–Crippen MR) is 97.0 cm³/mol. The van der Waals surface area contributed by atoms with Crippen LogP contribution >= 0.6 is 0 Å². The Kier molecular flexibility index (Phi) is 5.04. The Bertz CT molecular complexity index is 894. The number of aromatic nitrogens is 1.